The van der Waals surface area contributed by atoms with E-state index in [4.69, 9.17) is 0 Å². The SMILES string of the molecule is O=C1C2CN(c3ccc4ccccc4c3)CCN2C(=O)CN1Cc1ccccc1. The average molecular weight is 385 g/mol. The third kappa shape index (κ3) is 3.33. The van der Waals surface area contributed by atoms with Gasteiger partial charge in [-0.1, -0.05) is 60.7 Å². The number of nitrogens with zero attached hydrogens (tertiary/aromatic N) is 3. The van der Waals surface area contributed by atoms with E-state index in [2.05, 4.69) is 35.2 Å². The summed E-state index contributed by atoms with van der Waals surface area (Å²) in [6, 6.07) is 24.1. The summed E-state index contributed by atoms with van der Waals surface area (Å²) in [5.41, 5.74) is 2.15. The number of carbonyl (C=O) groups excluding carboxylic acids is 2. The highest BCUT2D eigenvalue weighted by atomic mass is 16.2. The summed E-state index contributed by atoms with van der Waals surface area (Å²) < 4.78 is 0. The molecule has 0 saturated carbocycles. The predicted octanol–water partition coefficient (Wildman–Crippen LogP) is 2.90. The van der Waals surface area contributed by atoms with Crippen LogP contribution >= 0.6 is 0 Å². The van der Waals surface area contributed by atoms with E-state index in [0.717, 1.165) is 17.8 Å². The van der Waals surface area contributed by atoms with Crippen molar-refractivity contribution < 1.29 is 9.59 Å². The van der Waals surface area contributed by atoms with Gasteiger partial charge in [0, 0.05) is 31.9 Å². The van der Waals surface area contributed by atoms with Gasteiger partial charge in [-0.05, 0) is 28.5 Å². The van der Waals surface area contributed by atoms with Crippen LogP contribution in [-0.2, 0) is 16.1 Å². The normalized spacial score (nSPS) is 19.6. The first-order valence-corrected chi connectivity index (χ1v) is 10.0. The van der Waals surface area contributed by atoms with Gasteiger partial charge in [-0.15, -0.1) is 0 Å². The fraction of sp³-hybridized carbons (Fsp3) is 0.250. The predicted molar refractivity (Wildman–Crippen MR) is 114 cm³/mol. The number of fused-ring (bicyclic) bond motifs is 2. The fourth-order valence-electron chi connectivity index (χ4n) is 4.38. The summed E-state index contributed by atoms with van der Waals surface area (Å²) in [4.78, 5) is 31.6. The van der Waals surface area contributed by atoms with Gasteiger partial charge in [0.1, 0.15) is 12.6 Å². The molecule has 2 aliphatic rings. The number of amides is 2. The molecule has 0 aromatic heterocycles. The van der Waals surface area contributed by atoms with E-state index < -0.39 is 6.04 Å². The van der Waals surface area contributed by atoms with Crippen molar-refractivity contribution in [2.45, 2.75) is 12.6 Å². The van der Waals surface area contributed by atoms with Gasteiger partial charge in [0.2, 0.25) is 11.8 Å². The Morgan fingerprint density at radius 3 is 2.41 bits per heavy atom. The van der Waals surface area contributed by atoms with Crippen molar-refractivity contribution in [1.29, 1.82) is 0 Å². The van der Waals surface area contributed by atoms with Crippen LogP contribution in [0.3, 0.4) is 0 Å². The lowest BCUT2D eigenvalue weighted by molar-refractivity contribution is -0.156. The van der Waals surface area contributed by atoms with E-state index in [1.54, 1.807) is 9.80 Å². The minimum absolute atomic E-state index is 0.0407. The molecular formula is C24H23N3O2. The van der Waals surface area contributed by atoms with Gasteiger partial charge in [-0.2, -0.15) is 0 Å². The molecule has 29 heavy (non-hydrogen) atoms. The third-order valence-electron chi connectivity index (χ3n) is 5.94. The molecular weight excluding hydrogens is 362 g/mol. The zero-order valence-corrected chi connectivity index (χ0v) is 16.2. The molecule has 0 bridgehead atoms. The molecule has 3 aromatic rings. The second-order valence-corrected chi connectivity index (χ2v) is 7.76. The highest BCUT2D eigenvalue weighted by Crippen LogP contribution is 2.26. The standard InChI is InChI=1S/C24H23N3O2/c28-23-17-26(15-18-6-2-1-3-7-18)24(29)22-16-25(12-13-27(22)23)21-11-10-19-8-4-5-9-20(19)14-21/h1-11,14,22H,12-13,15-17H2. The van der Waals surface area contributed by atoms with Gasteiger partial charge in [-0.25, -0.2) is 0 Å². The van der Waals surface area contributed by atoms with E-state index >= 15 is 0 Å². The Kier molecular flexibility index (Phi) is 4.43. The van der Waals surface area contributed by atoms with E-state index in [9.17, 15) is 9.59 Å². The molecule has 5 heteroatoms. The second kappa shape index (κ2) is 7.24. The maximum Gasteiger partial charge on any atom is 0.247 e. The largest absolute Gasteiger partial charge is 0.367 e. The number of anilines is 1. The maximum absolute atomic E-state index is 13.2. The molecule has 2 amide bonds. The molecule has 2 fully saturated rings. The summed E-state index contributed by atoms with van der Waals surface area (Å²) in [6.45, 7) is 2.51. The first kappa shape index (κ1) is 17.7. The molecule has 1 unspecified atom stereocenters. The zero-order chi connectivity index (χ0) is 19.8. The van der Waals surface area contributed by atoms with Crippen LogP contribution in [0, 0.1) is 0 Å². The smallest absolute Gasteiger partial charge is 0.247 e. The highest BCUT2D eigenvalue weighted by Gasteiger charge is 2.42. The molecule has 0 aliphatic carbocycles. The number of carbonyl (C=O) groups is 2. The van der Waals surface area contributed by atoms with Crippen molar-refractivity contribution in [1.82, 2.24) is 9.80 Å². The van der Waals surface area contributed by atoms with Crippen LogP contribution in [0.25, 0.3) is 10.8 Å². The lowest BCUT2D eigenvalue weighted by atomic mass is 10.0. The molecule has 146 valence electrons. The Hall–Kier alpha value is -3.34. The van der Waals surface area contributed by atoms with Gasteiger partial charge < -0.3 is 14.7 Å². The number of rotatable bonds is 3. The zero-order valence-electron chi connectivity index (χ0n) is 16.2. The van der Waals surface area contributed by atoms with Gasteiger partial charge in [0.05, 0.1) is 0 Å². The second-order valence-electron chi connectivity index (χ2n) is 7.76. The maximum atomic E-state index is 13.2. The van der Waals surface area contributed by atoms with Crippen molar-refractivity contribution >= 4 is 28.3 Å². The monoisotopic (exact) mass is 385 g/mol. The molecule has 0 radical (unpaired) electrons. The molecule has 3 aromatic carbocycles. The van der Waals surface area contributed by atoms with Crippen LogP contribution in [0.15, 0.2) is 72.8 Å². The summed E-state index contributed by atoms with van der Waals surface area (Å²) in [6.07, 6.45) is 0. The van der Waals surface area contributed by atoms with Crippen LogP contribution < -0.4 is 4.90 Å². The van der Waals surface area contributed by atoms with Crippen molar-refractivity contribution in [2.24, 2.45) is 0 Å². The van der Waals surface area contributed by atoms with E-state index in [0.29, 0.717) is 19.6 Å². The third-order valence-corrected chi connectivity index (χ3v) is 5.94. The molecule has 0 spiro atoms. The molecule has 1 atom stereocenters. The van der Waals surface area contributed by atoms with E-state index in [1.165, 1.54) is 10.8 Å². The lowest BCUT2D eigenvalue weighted by Crippen LogP contribution is -2.66. The topological polar surface area (TPSA) is 43.9 Å². The van der Waals surface area contributed by atoms with Crippen molar-refractivity contribution in [3.63, 3.8) is 0 Å². The first-order valence-electron chi connectivity index (χ1n) is 10.0. The summed E-state index contributed by atoms with van der Waals surface area (Å²) >= 11 is 0. The van der Waals surface area contributed by atoms with Crippen molar-refractivity contribution in [2.75, 3.05) is 31.1 Å². The summed E-state index contributed by atoms with van der Waals surface area (Å²) in [5, 5.41) is 2.39. The summed E-state index contributed by atoms with van der Waals surface area (Å²) in [7, 11) is 0. The Labute approximate surface area is 170 Å². The van der Waals surface area contributed by atoms with Crippen LogP contribution in [0.5, 0.6) is 0 Å². The summed E-state index contributed by atoms with van der Waals surface area (Å²) in [5.74, 6) is 0.0858. The molecule has 5 rings (SSSR count). The first-order chi connectivity index (χ1) is 14.2. The fourth-order valence-corrected chi connectivity index (χ4v) is 4.38. The molecule has 5 nitrogen and oxygen atoms in total. The van der Waals surface area contributed by atoms with Gasteiger partial charge in [0.15, 0.2) is 0 Å². The van der Waals surface area contributed by atoms with Gasteiger partial charge >= 0.3 is 0 Å². The number of hydrogen-bond donors (Lipinski definition) is 0. The van der Waals surface area contributed by atoms with E-state index in [1.807, 2.05) is 42.5 Å². The Morgan fingerprint density at radius 2 is 1.59 bits per heavy atom. The van der Waals surface area contributed by atoms with Crippen LogP contribution in [0.2, 0.25) is 0 Å². The number of hydrogen-bond acceptors (Lipinski definition) is 3. The number of benzene rings is 3. The highest BCUT2D eigenvalue weighted by molar-refractivity contribution is 5.96. The molecule has 2 heterocycles. The Bertz CT molecular complexity index is 1070. The minimum atomic E-state index is -0.416. The van der Waals surface area contributed by atoms with Gasteiger partial charge in [0.25, 0.3) is 0 Å². The Balaban J connectivity index is 1.38. The minimum Gasteiger partial charge on any atom is -0.367 e. The van der Waals surface area contributed by atoms with E-state index in [-0.39, 0.29) is 18.4 Å². The van der Waals surface area contributed by atoms with Gasteiger partial charge in [-0.3, -0.25) is 9.59 Å². The molecule has 2 saturated heterocycles. The molecule has 2 aliphatic heterocycles. The molecule has 0 N–H and O–H groups in total. The number of piperazine rings is 2. The van der Waals surface area contributed by atoms with Crippen LogP contribution in [0.4, 0.5) is 5.69 Å². The van der Waals surface area contributed by atoms with Crippen LogP contribution in [0.1, 0.15) is 5.56 Å². The van der Waals surface area contributed by atoms with Crippen molar-refractivity contribution in [3.8, 4) is 0 Å². The van der Waals surface area contributed by atoms with Crippen molar-refractivity contribution in [3.05, 3.63) is 78.4 Å². The van der Waals surface area contributed by atoms with Crippen LogP contribution in [-0.4, -0.2) is 53.8 Å². The Morgan fingerprint density at radius 1 is 0.828 bits per heavy atom. The average Bonchev–Trinajstić information content (AvgIpc) is 2.77. The quantitative estimate of drug-likeness (QED) is 0.696. The lowest BCUT2D eigenvalue weighted by Gasteiger charge is -2.46.